The van der Waals surface area contributed by atoms with Crippen molar-refractivity contribution < 1.29 is 9.90 Å². The first kappa shape index (κ1) is 15.2. The molecule has 6 nitrogen and oxygen atoms in total. The van der Waals surface area contributed by atoms with Crippen LogP contribution in [0.5, 0.6) is 0 Å². The van der Waals surface area contributed by atoms with Gasteiger partial charge < -0.3 is 21.1 Å². The molecule has 0 saturated carbocycles. The molecular formula is C13H22N4O2. The summed E-state index contributed by atoms with van der Waals surface area (Å²) in [5, 5.41) is 12.1. The minimum Gasteiger partial charge on any atom is -0.478 e. The van der Waals surface area contributed by atoms with E-state index in [0.29, 0.717) is 12.4 Å². The molecule has 1 heterocycles. The summed E-state index contributed by atoms with van der Waals surface area (Å²) >= 11 is 0. The number of nitrogens with zero attached hydrogens (tertiary/aromatic N) is 2. The first-order valence-electron chi connectivity index (χ1n) is 6.54. The van der Waals surface area contributed by atoms with E-state index >= 15 is 0 Å². The van der Waals surface area contributed by atoms with E-state index in [1.54, 1.807) is 0 Å². The van der Waals surface area contributed by atoms with Gasteiger partial charge in [0.1, 0.15) is 5.82 Å². The normalized spacial score (nSPS) is 10.7. The van der Waals surface area contributed by atoms with Crippen LogP contribution in [0.25, 0.3) is 0 Å². The van der Waals surface area contributed by atoms with E-state index in [0.717, 1.165) is 26.1 Å². The van der Waals surface area contributed by atoms with Crippen molar-refractivity contribution in [2.45, 2.75) is 20.3 Å². The van der Waals surface area contributed by atoms with Crippen LogP contribution in [0.2, 0.25) is 0 Å². The van der Waals surface area contributed by atoms with Crippen LogP contribution in [0, 0.1) is 0 Å². The number of hydrogen-bond donors (Lipinski definition) is 3. The number of pyridine rings is 1. The molecule has 0 radical (unpaired) electrons. The number of nitrogens with one attached hydrogen (secondary N) is 1. The van der Waals surface area contributed by atoms with Crippen molar-refractivity contribution in [3.05, 3.63) is 17.8 Å². The van der Waals surface area contributed by atoms with E-state index in [-0.39, 0.29) is 11.3 Å². The second-order valence-corrected chi connectivity index (χ2v) is 4.29. The lowest BCUT2D eigenvalue weighted by atomic mass is 10.2. The number of carboxylic acids is 1. The average Bonchev–Trinajstić information content (AvgIpc) is 2.39. The number of rotatable bonds is 8. The van der Waals surface area contributed by atoms with Crippen molar-refractivity contribution in [1.82, 2.24) is 9.88 Å². The molecule has 19 heavy (non-hydrogen) atoms. The fourth-order valence-corrected chi connectivity index (χ4v) is 1.88. The minimum atomic E-state index is -1.04. The molecule has 0 aliphatic carbocycles. The maximum Gasteiger partial charge on any atom is 0.337 e. The number of anilines is 2. The third-order valence-electron chi connectivity index (χ3n) is 2.93. The zero-order valence-electron chi connectivity index (χ0n) is 11.5. The monoisotopic (exact) mass is 266 g/mol. The zero-order chi connectivity index (χ0) is 14.3. The lowest BCUT2D eigenvalue weighted by Crippen LogP contribution is -2.30. The van der Waals surface area contributed by atoms with Gasteiger partial charge in [-0.3, -0.25) is 0 Å². The molecule has 1 aromatic rings. The highest BCUT2D eigenvalue weighted by molar-refractivity contribution is 5.96. The largest absolute Gasteiger partial charge is 0.478 e. The molecule has 4 N–H and O–H groups in total. The van der Waals surface area contributed by atoms with Gasteiger partial charge in [0, 0.05) is 19.3 Å². The van der Waals surface area contributed by atoms with Crippen molar-refractivity contribution in [3.8, 4) is 0 Å². The van der Waals surface area contributed by atoms with Crippen LogP contribution < -0.4 is 11.1 Å². The van der Waals surface area contributed by atoms with Crippen LogP contribution in [0.1, 0.15) is 30.6 Å². The van der Waals surface area contributed by atoms with E-state index in [4.69, 9.17) is 10.8 Å². The van der Waals surface area contributed by atoms with Gasteiger partial charge in [-0.1, -0.05) is 13.8 Å². The van der Waals surface area contributed by atoms with Crippen molar-refractivity contribution in [2.75, 3.05) is 37.2 Å². The Bertz CT molecular complexity index is 423. The Kier molecular flexibility index (Phi) is 6.08. The summed E-state index contributed by atoms with van der Waals surface area (Å²) in [7, 11) is 0. The smallest absolute Gasteiger partial charge is 0.337 e. The maximum atomic E-state index is 10.9. The number of nitrogen functional groups attached to an aromatic ring is 1. The van der Waals surface area contributed by atoms with Crippen LogP contribution in [0.4, 0.5) is 11.5 Å². The Labute approximate surface area is 113 Å². The van der Waals surface area contributed by atoms with Crippen molar-refractivity contribution in [1.29, 1.82) is 0 Å². The summed E-state index contributed by atoms with van der Waals surface area (Å²) in [5.74, 6) is -0.600. The first-order valence-corrected chi connectivity index (χ1v) is 6.54. The number of carbonyl (C=O) groups is 1. The van der Waals surface area contributed by atoms with Gasteiger partial charge in [0.25, 0.3) is 0 Å². The Morgan fingerprint density at radius 2 is 2.21 bits per heavy atom. The number of aromatic nitrogens is 1. The number of aromatic carboxylic acids is 1. The summed E-state index contributed by atoms with van der Waals surface area (Å²) in [4.78, 5) is 17.3. The summed E-state index contributed by atoms with van der Waals surface area (Å²) in [6.45, 7) is 7.88. The van der Waals surface area contributed by atoms with Crippen LogP contribution in [0.15, 0.2) is 12.3 Å². The number of likely N-dealkylation sites (N-methyl/N-ethyl adjacent to an activating group) is 1. The van der Waals surface area contributed by atoms with Crippen LogP contribution in [0.3, 0.4) is 0 Å². The lowest BCUT2D eigenvalue weighted by Gasteiger charge is -2.20. The Morgan fingerprint density at radius 3 is 2.79 bits per heavy atom. The molecule has 0 unspecified atom stereocenters. The molecule has 0 fully saturated rings. The molecule has 0 spiro atoms. The highest BCUT2D eigenvalue weighted by atomic mass is 16.4. The summed E-state index contributed by atoms with van der Waals surface area (Å²) in [6, 6.07) is 1.40. The van der Waals surface area contributed by atoms with Gasteiger partial charge in [0.05, 0.1) is 11.3 Å². The van der Waals surface area contributed by atoms with Crippen LogP contribution in [-0.2, 0) is 0 Å². The van der Waals surface area contributed by atoms with Crippen molar-refractivity contribution in [2.24, 2.45) is 0 Å². The molecule has 0 bridgehead atoms. The highest BCUT2D eigenvalue weighted by Gasteiger charge is 2.11. The number of nitrogens with two attached hydrogens (primary N) is 1. The SMILES string of the molecule is CCCN(CC)CCNc1nccc(C(=O)O)c1N. The molecule has 0 atom stereocenters. The standard InChI is InChI=1S/C13H22N4O2/c1-3-8-17(4-2)9-7-16-12-11(14)10(13(18)19)5-6-15-12/h5-6H,3-4,7-9,14H2,1-2H3,(H,15,16)(H,18,19). The summed E-state index contributed by atoms with van der Waals surface area (Å²) < 4.78 is 0. The fourth-order valence-electron chi connectivity index (χ4n) is 1.88. The molecule has 1 rings (SSSR count). The average molecular weight is 266 g/mol. The predicted molar refractivity (Wildman–Crippen MR) is 76.5 cm³/mol. The van der Waals surface area contributed by atoms with Crippen LogP contribution in [-0.4, -0.2) is 47.1 Å². The molecule has 6 heteroatoms. The van der Waals surface area contributed by atoms with E-state index in [1.165, 1.54) is 12.3 Å². The molecule has 1 aromatic heterocycles. The molecule has 106 valence electrons. The summed E-state index contributed by atoms with van der Waals surface area (Å²) in [6.07, 6.45) is 2.56. The van der Waals surface area contributed by atoms with Gasteiger partial charge in [-0.15, -0.1) is 0 Å². The third-order valence-corrected chi connectivity index (χ3v) is 2.93. The maximum absolute atomic E-state index is 10.9. The van der Waals surface area contributed by atoms with Crippen molar-refractivity contribution in [3.63, 3.8) is 0 Å². The molecule has 0 amide bonds. The second-order valence-electron chi connectivity index (χ2n) is 4.29. The molecule has 0 aliphatic heterocycles. The second kappa shape index (κ2) is 7.58. The molecular weight excluding hydrogens is 244 g/mol. The van der Waals surface area contributed by atoms with Gasteiger partial charge >= 0.3 is 5.97 Å². The van der Waals surface area contributed by atoms with E-state index in [1.807, 2.05) is 0 Å². The fraction of sp³-hybridized carbons (Fsp3) is 0.538. The lowest BCUT2D eigenvalue weighted by molar-refractivity contribution is 0.0698. The van der Waals surface area contributed by atoms with E-state index in [9.17, 15) is 4.79 Å². The third kappa shape index (κ3) is 4.40. The van der Waals surface area contributed by atoms with Gasteiger partial charge in [-0.05, 0) is 25.6 Å². The van der Waals surface area contributed by atoms with Gasteiger partial charge in [0.15, 0.2) is 0 Å². The predicted octanol–water partition coefficient (Wildman–Crippen LogP) is 1.51. The number of carboxylic acid groups (broad SMARTS) is 1. The topological polar surface area (TPSA) is 91.5 Å². The first-order chi connectivity index (χ1) is 9.10. The van der Waals surface area contributed by atoms with Crippen molar-refractivity contribution >= 4 is 17.5 Å². The summed E-state index contributed by atoms with van der Waals surface area (Å²) in [5.41, 5.74) is 6.04. The zero-order valence-corrected chi connectivity index (χ0v) is 11.5. The number of hydrogen-bond acceptors (Lipinski definition) is 5. The van der Waals surface area contributed by atoms with Gasteiger partial charge in [-0.25, -0.2) is 9.78 Å². The van der Waals surface area contributed by atoms with Crippen LogP contribution >= 0.6 is 0 Å². The Hall–Kier alpha value is -1.82. The van der Waals surface area contributed by atoms with Gasteiger partial charge in [0.2, 0.25) is 0 Å². The quantitative estimate of drug-likeness (QED) is 0.660. The minimum absolute atomic E-state index is 0.0819. The molecule has 0 saturated heterocycles. The Balaban J connectivity index is 2.58. The molecule has 0 aromatic carbocycles. The highest BCUT2D eigenvalue weighted by Crippen LogP contribution is 2.19. The van der Waals surface area contributed by atoms with E-state index < -0.39 is 5.97 Å². The Morgan fingerprint density at radius 1 is 1.47 bits per heavy atom. The van der Waals surface area contributed by atoms with E-state index in [2.05, 4.69) is 29.0 Å². The molecule has 0 aliphatic rings. The van der Waals surface area contributed by atoms with Gasteiger partial charge in [-0.2, -0.15) is 0 Å².